The quantitative estimate of drug-likeness (QED) is 0.160. The van der Waals surface area contributed by atoms with Crippen LogP contribution < -0.4 is 0 Å². The second-order valence-electron chi connectivity index (χ2n) is 20.6. The van der Waals surface area contributed by atoms with E-state index in [9.17, 15) is 10.5 Å². The van der Waals surface area contributed by atoms with Crippen molar-refractivity contribution in [1.29, 1.82) is 10.5 Å². The molecule has 0 radical (unpaired) electrons. The lowest BCUT2D eigenvalue weighted by atomic mass is 9.94. The van der Waals surface area contributed by atoms with Gasteiger partial charge in [0.05, 0.1) is 45.3 Å². The molecular weight excluding hydrogens is 897 g/mol. The first-order valence-electron chi connectivity index (χ1n) is 25.4. The minimum absolute atomic E-state index is 0.492. The molecule has 354 valence electrons. The molecule has 0 fully saturated rings. The van der Waals surface area contributed by atoms with Crippen LogP contribution >= 0.6 is 0 Å². The van der Waals surface area contributed by atoms with Crippen LogP contribution in [0.3, 0.4) is 0 Å². The standard InChI is InChI=1S/C70H54N4/c1-41-9-21-57(45(5)29-41)49-15-25-61-62-26-16-50(58-22-10-42(2)30-46(58)6)34-68(62)73(67(61)33-49)55-19-13-53(39-71)65(37-55)66-38-56(20-14-54(66)40-72)74-69-35-51(59-23-11-43(3)31-47(59)7)17-27-63(69)64-28-18-52(36-70(64)74)60-24-12-44(4)32-48(60)8/h9-38H,1-8H3. The number of nitrogens with zero attached hydrogens (tertiary/aromatic N) is 4. The van der Waals surface area contributed by atoms with Crippen LogP contribution in [-0.4, -0.2) is 9.13 Å². The molecule has 0 saturated carbocycles. The average molecular weight is 951 g/mol. The molecule has 0 N–H and O–H groups in total. The third-order valence-electron chi connectivity index (χ3n) is 15.4. The van der Waals surface area contributed by atoms with Gasteiger partial charge in [-0.15, -0.1) is 0 Å². The second kappa shape index (κ2) is 17.8. The van der Waals surface area contributed by atoms with Crippen molar-refractivity contribution in [2.75, 3.05) is 0 Å². The Morgan fingerprint density at radius 3 is 0.784 bits per heavy atom. The van der Waals surface area contributed by atoms with E-state index in [4.69, 9.17) is 0 Å². The predicted octanol–water partition coefficient (Wildman–Crippen LogP) is 18.4. The van der Waals surface area contributed by atoms with Gasteiger partial charge in [-0.2, -0.15) is 10.5 Å². The van der Waals surface area contributed by atoms with Crippen LogP contribution in [0.25, 0.3) is 111 Å². The van der Waals surface area contributed by atoms with Crippen LogP contribution in [0.15, 0.2) is 182 Å². The molecule has 12 rings (SSSR count). The van der Waals surface area contributed by atoms with E-state index in [0.717, 1.165) is 77.2 Å². The normalized spacial score (nSPS) is 11.5. The van der Waals surface area contributed by atoms with Crippen LogP contribution in [-0.2, 0) is 0 Å². The number of benzene rings is 10. The van der Waals surface area contributed by atoms with Crippen molar-refractivity contribution in [3.05, 3.63) is 238 Å². The van der Waals surface area contributed by atoms with Gasteiger partial charge in [0.1, 0.15) is 0 Å². The average Bonchev–Trinajstić information content (AvgIpc) is 3.92. The summed E-state index contributed by atoms with van der Waals surface area (Å²) in [5.74, 6) is 0. The van der Waals surface area contributed by atoms with E-state index in [1.807, 2.05) is 12.1 Å². The fraction of sp³-hybridized carbons (Fsp3) is 0.114. The number of rotatable bonds is 7. The zero-order valence-corrected chi connectivity index (χ0v) is 43.1. The van der Waals surface area contributed by atoms with Gasteiger partial charge in [-0.3, -0.25) is 0 Å². The Labute approximate surface area is 433 Å². The van der Waals surface area contributed by atoms with Gasteiger partial charge in [-0.25, -0.2) is 0 Å². The molecule has 2 heterocycles. The molecule has 0 saturated heterocycles. The van der Waals surface area contributed by atoms with E-state index in [1.54, 1.807) is 0 Å². The van der Waals surface area contributed by atoms with Gasteiger partial charge in [0, 0.05) is 44.0 Å². The lowest BCUT2D eigenvalue weighted by Gasteiger charge is -2.16. The van der Waals surface area contributed by atoms with Crippen molar-refractivity contribution >= 4 is 43.6 Å². The number of nitriles is 2. The first-order valence-corrected chi connectivity index (χ1v) is 25.4. The number of fused-ring (bicyclic) bond motifs is 6. The number of hydrogen-bond acceptors (Lipinski definition) is 2. The zero-order chi connectivity index (χ0) is 51.1. The Morgan fingerprint density at radius 2 is 0.541 bits per heavy atom. The molecule has 2 aromatic heterocycles. The van der Waals surface area contributed by atoms with Crippen LogP contribution in [0, 0.1) is 78.1 Å². The summed E-state index contributed by atoms with van der Waals surface area (Å²) in [6, 6.07) is 71.0. The third kappa shape index (κ3) is 7.67. The van der Waals surface area contributed by atoms with Crippen molar-refractivity contribution < 1.29 is 0 Å². The zero-order valence-electron chi connectivity index (χ0n) is 43.1. The molecule has 4 nitrogen and oxygen atoms in total. The summed E-state index contributed by atoms with van der Waals surface area (Å²) in [5.41, 5.74) is 27.5. The molecule has 4 heteroatoms. The first kappa shape index (κ1) is 45.9. The minimum Gasteiger partial charge on any atom is -0.309 e. The Hall–Kier alpha value is -9.22. The van der Waals surface area contributed by atoms with E-state index < -0.39 is 0 Å². The van der Waals surface area contributed by atoms with Gasteiger partial charge in [0.15, 0.2) is 0 Å². The fourth-order valence-electron chi connectivity index (χ4n) is 11.8. The molecule has 0 aliphatic rings. The maximum atomic E-state index is 11.0. The highest BCUT2D eigenvalue weighted by molar-refractivity contribution is 6.13. The highest BCUT2D eigenvalue weighted by Gasteiger charge is 2.21. The highest BCUT2D eigenvalue weighted by Crippen LogP contribution is 2.43. The van der Waals surface area contributed by atoms with Gasteiger partial charge in [0.2, 0.25) is 0 Å². The fourth-order valence-corrected chi connectivity index (χ4v) is 11.8. The SMILES string of the molecule is Cc1ccc(-c2ccc3c4ccc(-c5ccc(C)cc5C)cc4n(-c4ccc(C#N)c(-c5cc(-n6c7cc(-c8ccc(C)cc8C)ccc7c7ccc(-c8ccc(C)cc8C)cc76)ccc5C#N)c4)c3c2)c(C)c1. The van der Waals surface area contributed by atoms with Crippen LogP contribution in [0.1, 0.15) is 55.6 Å². The third-order valence-corrected chi connectivity index (χ3v) is 15.4. The monoisotopic (exact) mass is 950 g/mol. The van der Waals surface area contributed by atoms with E-state index in [1.165, 1.54) is 66.8 Å². The molecule has 74 heavy (non-hydrogen) atoms. The molecule has 12 aromatic rings. The largest absolute Gasteiger partial charge is 0.309 e. The van der Waals surface area contributed by atoms with Gasteiger partial charge in [-0.05, 0) is 183 Å². The minimum atomic E-state index is 0.492. The number of aromatic nitrogens is 2. The Bertz CT molecular complexity index is 3920. The molecule has 10 aromatic carbocycles. The molecular formula is C70H54N4. The van der Waals surface area contributed by atoms with E-state index in [0.29, 0.717) is 22.3 Å². The Balaban J connectivity index is 1.10. The van der Waals surface area contributed by atoms with Crippen molar-refractivity contribution in [3.8, 4) is 79.1 Å². The molecule has 0 atom stereocenters. The smallest absolute Gasteiger partial charge is 0.0998 e. The van der Waals surface area contributed by atoms with Crippen molar-refractivity contribution in [2.24, 2.45) is 0 Å². The lowest BCUT2D eigenvalue weighted by Crippen LogP contribution is -2.00. The van der Waals surface area contributed by atoms with Crippen LogP contribution in [0.2, 0.25) is 0 Å². The maximum absolute atomic E-state index is 11.0. The highest BCUT2D eigenvalue weighted by atomic mass is 15.0. The number of hydrogen-bond donors (Lipinski definition) is 0. The summed E-state index contributed by atoms with van der Waals surface area (Å²) in [6.07, 6.45) is 0. The molecule has 0 aliphatic carbocycles. The van der Waals surface area contributed by atoms with E-state index in [2.05, 4.69) is 247 Å². The summed E-state index contributed by atoms with van der Waals surface area (Å²) >= 11 is 0. The predicted molar refractivity (Wildman–Crippen MR) is 310 cm³/mol. The van der Waals surface area contributed by atoms with Crippen LogP contribution in [0.5, 0.6) is 0 Å². The summed E-state index contributed by atoms with van der Waals surface area (Å²) < 4.78 is 4.70. The maximum Gasteiger partial charge on any atom is 0.0998 e. The summed E-state index contributed by atoms with van der Waals surface area (Å²) in [4.78, 5) is 0. The van der Waals surface area contributed by atoms with E-state index in [-0.39, 0.29) is 0 Å². The summed E-state index contributed by atoms with van der Waals surface area (Å²) in [7, 11) is 0. The van der Waals surface area contributed by atoms with Crippen LogP contribution in [0.4, 0.5) is 0 Å². The lowest BCUT2D eigenvalue weighted by molar-refractivity contribution is 1.17. The van der Waals surface area contributed by atoms with Crippen molar-refractivity contribution in [3.63, 3.8) is 0 Å². The number of aryl methyl sites for hydroxylation is 8. The Morgan fingerprint density at radius 1 is 0.270 bits per heavy atom. The molecule has 0 spiro atoms. The van der Waals surface area contributed by atoms with Crippen molar-refractivity contribution in [1.82, 2.24) is 9.13 Å². The van der Waals surface area contributed by atoms with E-state index >= 15 is 0 Å². The molecule has 0 amide bonds. The molecule has 0 bridgehead atoms. The topological polar surface area (TPSA) is 57.4 Å². The van der Waals surface area contributed by atoms with Crippen molar-refractivity contribution in [2.45, 2.75) is 55.4 Å². The van der Waals surface area contributed by atoms with Gasteiger partial charge < -0.3 is 9.13 Å². The van der Waals surface area contributed by atoms with Gasteiger partial charge in [0.25, 0.3) is 0 Å². The van der Waals surface area contributed by atoms with Gasteiger partial charge in [-0.1, -0.05) is 144 Å². The molecule has 0 unspecified atom stereocenters. The van der Waals surface area contributed by atoms with Gasteiger partial charge >= 0.3 is 0 Å². The summed E-state index contributed by atoms with van der Waals surface area (Å²) in [5, 5.41) is 26.5. The molecule has 0 aliphatic heterocycles. The summed E-state index contributed by atoms with van der Waals surface area (Å²) in [6.45, 7) is 17.3. The second-order valence-corrected chi connectivity index (χ2v) is 20.6. The first-order chi connectivity index (χ1) is 35.8. The Kier molecular flexibility index (Phi) is 11.0.